The zero-order valence-electron chi connectivity index (χ0n) is 25.3. The Kier molecular flexibility index (Phi) is 9.66. The van der Waals surface area contributed by atoms with Crippen LogP contribution in [-0.4, -0.2) is 40.4 Å². The minimum absolute atomic E-state index is 0.127. The molecular weight excluding hydrogens is 562 g/mol. The number of carbonyl (C=O) groups excluding carboxylic acids is 2. The van der Waals surface area contributed by atoms with E-state index in [1.165, 1.54) is 25.2 Å². The number of hydrogen-bond acceptors (Lipinski definition) is 9. The summed E-state index contributed by atoms with van der Waals surface area (Å²) in [5, 5.41) is 10.0. The fraction of sp³-hybridized carbons (Fsp3) is 0.294. The van der Waals surface area contributed by atoms with Crippen molar-refractivity contribution in [3.8, 4) is 0 Å². The fourth-order valence-electron chi connectivity index (χ4n) is 4.37. The summed E-state index contributed by atoms with van der Waals surface area (Å²) in [6.07, 6.45) is 0. The van der Waals surface area contributed by atoms with Crippen molar-refractivity contribution >= 4 is 34.1 Å². The van der Waals surface area contributed by atoms with Gasteiger partial charge in [-0.2, -0.15) is 0 Å². The lowest BCUT2D eigenvalue weighted by Gasteiger charge is -2.36. The van der Waals surface area contributed by atoms with Crippen LogP contribution in [0.5, 0.6) is 0 Å². The number of rotatable bonds is 11. The van der Waals surface area contributed by atoms with Gasteiger partial charge in [0.1, 0.15) is 16.8 Å². The van der Waals surface area contributed by atoms with Gasteiger partial charge in [-0.05, 0) is 58.2 Å². The molecule has 0 saturated carbocycles. The van der Waals surface area contributed by atoms with Crippen LogP contribution in [0.15, 0.2) is 102 Å². The number of nitrogens with one attached hydrogen (secondary N) is 1. The molecule has 4 rings (SSSR count). The monoisotopic (exact) mass is 599 g/mol. The van der Waals surface area contributed by atoms with E-state index in [0.29, 0.717) is 5.13 Å². The van der Waals surface area contributed by atoms with Crippen LogP contribution >= 0.6 is 11.3 Å². The standard InChI is InChI=1S/C34H37N3O5S/c1-7-40-29(38)28(37-42-33(5,6)30(39)41-32(2,3)4)27-23-43-31(35-27)36-34(24-17-11-8-12-18-24,25-19-13-9-14-20-25)26-21-15-10-16-22-26/h8-23H,7H2,1-6H3,(H,35,36)/b37-28-. The number of esters is 2. The highest BCUT2D eigenvalue weighted by Crippen LogP contribution is 2.40. The van der Waals surface area contributed by atoms with E-state index in [4.69, 9.17) is 19.3 Å². The summed E-state index contributed by atoms with van der Waals surface area (Å²) in [5.41, 5.74) is 0.105. The van der Waals surface area contributed by atoms with Gasteiger partial charge in [-0.25, -0.2) is 14.6 Å². The lowest BCUT2D eigenvalue weighted by Crippen LogP contribution is -2.40. The van der Waals surface area contributed by atoms with E-state index < -0.39 is 28.7 Å². The first-order chi connectivity index (χ1) is 20.5. The highest BCUT2D eigenvalue weighted by atomic mass is 32.1. The third kappa shape index (κ3) is 7.48. The van der Waals surface area contributed by atoms with E-state index in [2.05, 4.69) is 46.9 Å². The van der Waals surface area contributed by atoms with Gasteiger partial charge in [-0.15, -0.1) is 11.3 Å². The molecule has 224 valence electrons. The second-order valence-corrected chi connectivity index (χ2v) is 12.1. The number of aromatic nitrogens is 1. The maximum Gasteiger partial charge on any atom is 0.362 e. The first-order valence-electron chi connectivity index (χ1n) is 14.0. The zero-order valence-corrected chi connectivity index (χ0v) is 26.1. The summed E-state index contributed by atoms with van der Waals surface area (Å²) in [6, 6.07) is 30.4. The quantitative estimate of drug-likeness (QED) is 0.0862. The number of benzene rings is 3. The van der Waals surface area contributed by atoms with Crippen LogP contribution in [-0.2, 0) is 29.4 Å². The van der Waals surface area contributed by atoms with E-state index in [1.54, 1.807) is 33.1 Å². The maximum absolute atomic E-state index is 13.0. The molecule has 1 N–H and O–H groups in total. The number of hydrogen-bond donors (Lipinski definition) is 1. The molecule has 0 fully saturated rings. The summed E-state index contributed by atoms with van der Waals surface area (Å²) in [6.45, 7) is 10.2. The Balaban J connectivity index is 1.77. The number of oxime groups is 1. The van der Waals surface area contributed by atoms with Crippen molar-refractivity contribution < 1.29 is 23.9 Å². The lowest BCUT2D eigenvalue weighted by molar-refractivity contribution is -0.179. The predicted molar refractivity (Wildman–Crippen MR) is 169 cm³/mol. The Morgan fingerprint density at radius 1 is 0.814 bits per heavy atom. The van der Waals surface area contributed by atoms with E-state index in [-0.39, 0.29) is 18.0 Å². The molecule has 0 saturated heterocycles. The molecule has 9 heteroatoms. The Bertz CT molecular complexity index is 1450. The number of ether oxygens (including phenoxy) is 2. The SMILES string of the molecule is CCOC(=O)/C(=N\OC(C)(C)C(=O)OC(C)(C)C)c1csc(NC(c2ccccc2)(c2ccccc2)c2ccccc2)n1. The van der Waals surface area contributed by atoms with Gasteiger partial charge in [0, 0.05) is 5.38 Å². The molecule has 4 aromatic rings. The van der Waals surface area contributed by atoms with Crippen LogP contribution in [0.3, 0.4) is 0 Å². The number of carbonyl (C=O) groups is 2. The van der Waals surface area contributed by atoms with Crippen molar-refractivity contribution in [1.82, 2.24) is 4.98 Å². The van der Waals surface area contributed by atoms with Gasteiger partial charge in [-0.1, -0.05) is 96.2 Å². The molecule has 0 aliphatic heterocycles. The number of nitrogens with zero attached hydrogens (tertiary/aromatic N) is 2. The lowest BCUT2D eigenvalue weighted by atomic mass is 9.77. The van der Waals surface area contributed by atoms with E-state index >= 15 is 0 Å². The Morgan fingerprint density at radius 3 is 1.74 bits per heavy atom. The third-order valence-corrected chi connectivity index (χ3v) is 7.14. The molecule has 1 heterocycles. The van der Waals surface area contributed by atoms with Gasteiger partial charge >= 0.3 is 11.9 Å². The minimum Gasteiger partial charge on any atom is -0.461 e. The van der Waals surface area contributed by atoms with Gasteiger partial charge in [0.15, 0.2) is 5.13 Å². The molecular formula is C34H37N3O5S. The van der Waals surface area contributed by atoms with Gasteiger partial charge in [0.05, 0.1) is 6.61 Å². The second-order valence-electron chi connectivity index (χ2n) is 11.3. The van der Waals surface area contributed by atoms with Crippen molar-refractivity contribution in [1.29, 1.82) is 0 Å². The van der Waals surface area contributed by atoms with Crippen LogP contribution < -0.4 is 5.32 Å². The Morgan fingerprint density at radius 2 is 1.30 bits per heavy atom. The Labute approximate surface area is 256 Å². The predicted octanol–water partition coefficient (Wildman–Crippen LogP) is 6.95. The van der Waals surface area contributed by atoms with Crippen molar-refractivity contribution in [2.24, 2.45) is 5.16 Å². The zero-order chi connectivity index (χ0) is 31.1. The molecule has 1 aromatic heterocycles. The molecule has 0 aliphatic carbocycles. The highest BCUT2D eigenvalue weighted by molar-refractivity contribution is 7.14. The van der Waals surface area contributed by atoms with Gasteiger partial charge in [0.2, 0.25) is 11.3 Å². The van der Waals surface area contributed by atoms with E-state index in [9.17, 15) is 9.59 Å². The molecule has 0 radical (unpaired) electrons. The van der Waals surface area contributed by atoms with Crippen LogP contribution in [0.4, 0.5) is 5.13 Å². The average molecular weight is 600 g/mol. The second kappa shape index (κ2) is 13.2. The van der Waals surface area contributed by atoms with E-state index in [0.717, 1.165) is 16.7 Å². The van der Waals surface area contributed by atoms with Gasteiger partial charge in [0.25, 0.3) is 0 Å². The first-order valence-corrected chi connectivity index (χ1v) is 14.9. The molecule has 43 heavy (non-hydrogen) atoms. The van der Waals surface area contributed by atoms with Crippen molar-refractivity contribution in [3.05, 3.63) is 119 Å². The number of thiazole rings is 1. The van der Waals surface area contributed by atoms with Crippen molar-refractivity contribution in [2.75, 3.05) is 11.9 Å². The van der Waals surface area contributed by atoms with E-state index in [1.807, 2.05) is 54.6 Å². The fourth-order valence-corrected chi connectivity index (χ4v) is 5.12. The summed E-state index contributed by atoms with van der Waals surface area (Å²) >= 11 is 1.31. The van der Waals surface area contributed by atoms with Gasteiger partial charge < -0.3 is 19.6 Å². The summed E-state index contributed by atoms with van der Waals surface area (Å²) in [5.74, 6) is -1.34. The molecule has 0 bridgehead atoms. The highest BCUT2D eigenvalue weighted by Gasteiger charge is 2.38. The average Bonchev–Trinajstić information content (AvgIpc) is 3.44. The van der Waals surface area contributed by atoms with Crippen LogP contribution in [0.1, 0.15) is 63.9 Å². The van der Waals surface area contributed by atoms with Crippen molar-refractivity contribution in [3.63, 3.8) is 0 Å². The summed E-state index contributed by atoms with van der Waals surface area (Å²) in [7, 11) is 0. The van der Waals surface area contributed by atoms with Crippen molar-refractivity contribution in [2.45, 2.75) is 58.3 Å². The maximum atomic E-state index is 13.0. The van der Waals surface area contributed by atoms with Crippen LogP contribution in [0.2, 0.25) is 0 Å². The molecule has 0 unspecified atom stereocenters. The Hall–Kier alpha value is -4.50. The minimum atomic E-state index is -1.47. The molecule has 8 nitrogen and oxygen atoms in total. The molecule has 0 aliphatic rings. The van der Waals surface area contributed by atoms with Crippen LogP contribution in [0.25, 0.3) is 0 Å². The summed E-state index contributed by atoms with van der Waals surface area (Å²) < 4.78 is 10.7. The molecule has 0 atom stereocenters. The topological polar surface area (TPSA) is 99.1 Å². The van der Waals surface area contributed by atoms with Crippen LogP contribution in [0, 0.1) is 0 Å². The molecule has 0 spiro atoms. The first kappa shape index (κ1) is 31.4. The molecule has 3 aromatic carbocycles. The summed E-state index contributed by atoms with van der Waals surface area (Å²) in [4.78, 5) is 36.1. The largest absolute Gasteiger partial charge is 0.461 e. The number of anilines is 1. The molecule has 0 amide bonds. The van der Waals surface area contributed by atoms with Gasteiger partial charge in [-0.3, -0.25) is 0 Å². The normalized spacial score (nSPS) is 12.4. The third-order valence-electron chi connectivity index (χ3n) is 6.39. The smallest absolute Gasteiger partial charge is 0.362 e.